The molecule has 1 N–H and O–H groups in total. The van der Waals surface area contributed by atoms with Crippen LogP contribution in [-0.4, -0.2) is 88.1 Å². The molecule has 0 saturated carbocycles. The van der Waals surface area contributed by atoms with Crippen molar-refractivity contribution >= 4 is 22.3 Å². The second-order valence-electron chi connectivity index (χ2n) is 8.86. The average Bonchev–Trinajstić information content (AvgIpc) is 2.79. The lowest BCUT2D eigenvalue weighted by atomic mass is 10.1. The highest BCUT2D eigenvalue weighted by atomic mass is 32.3. The molecule has 0 rings (SSSR count). The molecule has 35 heavy (non-hydrogen) atoms. The van der Waals surface area contributed by atoms with E-state index in [4.69, 9.17) is 9.47 Å². The Hall–Kier alpha value is -1.27. The SMILES string of the molecule is CCCCCCCC(=O)OCC[N+](C)(CCO)CCOC(=O)CCCCCCC.COS(=O)(=O)[O-]. The van der Waals surface area contributed by atoms with Gasteiger partial charge in [0.2, 0.25) is 10.4 Å². The van der Waals surface area contributed by atoms with Crippen molar-refractivity contribution in [2.45, 2.75) is 90.9 Å². The van der Waals surface area contributed by atoms with Crippen molar-refractivity contribution in [3.05, 3.63) is 0 Å². The van der Waals surface area contributed by atoms with Crippen LogP contribution in [0.2, 0.25) is 0 Å². The van der Waals surface area contributed by atoms with Crippen molar-refractivity contribution in [1.82, 2.24) is 0 Å². The normalized spacial score (nSPS) is 11.5. The fourth-order valence-electron chi connectivity index (χ4n) is 3.23. The summed E-state index contributed by atoms with van der Waals surface area (Å²) in [5.74, 6) is -0.293. The number of likely N-dealkylation sites (N-methyl/N-ethyl adjacent to an activating group) is 1. The van der Waals surface area contributed by atoms with E-state index in [1.54, 1.807) is 0 Å². The van der Waals surface area contributed by atoms with Gasteiger partial charge in [-0.05, 0) is 12.8 Å². The van der Waals surface area contributed by atoms with Gasteiger partial charge >= 0.3 is 11.9 Å². The molecule has 0 aromatic heterocycles. The van der Waals surface area contributed by atoms with Gasteiger partial charge in [-0.25, -0.2) is 8.42 Å². The number of hydrogen-bond acceptors (Lipinski definition) is 9. The minimum Gasteiger partial charge on any atom is -0.726 e. The number of aliphatic hydroxyl groups is 1. The Morgan fingerprint density at radius 3 is 1.46 bits per heavy atom. The van der Waals surface area contributed by atoms with Crippen molar-refractivity contribution < 1.29 is 45.8 Å². The zero-order valence-electron chi connectivity index (χ0n) is 22.3. The molecule has 0 unspecified atom stereocenters. The number of quaternary nitrogens is 1. The summed E-state index contributed by atoms with van der Waals surface area (Å²) < 4.78 is 42.3. The van der Waals surface area contributed by atoms with Crippen LogP contribution >= 0.6 is 0 Å². The first-order valence-corrected chi connectivity index (χ1v) is 14.1. The maximum Gasteiger partial charge on any atom is 0.305 e. The highest BCUT2D eigenvalue weighted by Gasteiger charge is 2.22. The van der Waals surface area contributed by atoms with E-state index in [1.165, 1.54) is 38.5 Å². The summed E-state index contributed by atoms with van der Waals surface area (Å²) in [7, 11) is -1.61. The summed E-state index contributed by atoms with van der Waals surface area (Å²) in [6, 6.07) is 0. The van der Waals surface area contributed by atoms with Gasteiger partial charge in [-0.2, -0.15) is 0 Å². The molecular weight excluding hydrogens is 478 g/mol. The highest BCUT2D eigenvalue weighted by molar-refractivity contribution is 7.80. The molecule has 0 spiro atoms. The maximum atomic E-state index is 11.8. The van der Waals surface area contributed by atoms with E-state index in [2.05, 4.69) is 18.0 Å². The molecule has 0 amide bonds. The minimum atomic E-state index is -4.41. The van der Waals surface area contributed by atoms with Crippen LogP contribution in [0, 0.1) is 0 Å². The molecule has 0 aromatic carbocycles. The number of unbranched alkanes of at least 4 members (excludes halogenated alkanes) is 8. The lowest BCUT2D eigenvalue weighted by molar-refractivity contribution is -0.910. The number of carbonyl (C=O) groups is 2. The first kappa shape index (κ1) is 35.9. The van der Waals surface area contributed by atoms with E-state index in [0.29, 0.717) is 50.2 Å². The lowest BCUT2D eigenvalue weighted by Crippen LogP contribution is -2.50. The van der Waals surface area contributed by atoms with Crippen molar-refractivity contribution in [3.8, 4) is 0 Å². The maximum absolute atomic E-state index is 11.8. The third-order valence-corrected chi connectivity index (χ3v) is 6.01. The van der Waals surface area contributed by atoms with Crippen LogP contribution < -0.4 is 0 Å². The third-order valence-electron chi connectivity index (χ3n) is 5.60. The molecule has 210 valence electrons. The molecule has 0 fully saturated rings. The highest BCUT2D eigenvalue weighted by Crippen LogP contribution is 2.08. The second kappa shape index (κ2) is 23.1. The quantitative estimate of drug-likeness (QED) is 0.0782. The minimum absolute atomic E-state index is 0.0489. The van der Waals surface area contributed by atoms with Crippen LogP contribution in [0.3, 0.4) is 0 Å². The van der Waals surface area contributed by atoms with Crippen molar-refractivity contribution in [3.63, 3.8) is 0 Å². The van der Waals surface area contributed by atoms with Gasteiger partial charge in [0.1, 0.15) is 32.8 Å². The molecule has 0 aliphatic rings. The van der Waals surface area contributed by atoms with Gasteiger partial charge in [0.15, 0.2) is 0 Å². The van der Waals surface area contributed by atoms with Gasteiger partial charge in [0.05, 0.1) is 20.8 Å². The van der Waals surface area contributed by atoms with E-state index < -0.39 is 10.4 Å². The Balaban J connectivity index is 0. The predicted octanol–water partition coefficient (Wildman–Crippen LogP) is 3.33. The third kappa shape index (κ3) is 27.2. The van der Waals surface area contributed by atoms with Crippen LogP contribution in [0.4, 0.5) is 0 Å². The van der Waals surface area contributed by atoms with E-state index in [0.717, 1.165) is 32.8 Å². The molecule has 0 radical (unpaired) electrons. The molecule has 0 aliphatic heterocycles. The van der Waals surface area contributed by atoms with Gasteiger partial charge in [0, 0.05) is 12.8 Å². The van der Waals surface area contributed by atoms with Gasteiger partial charge in [0.25, 0.3) is 0 Å². The summed E-state index contributed by atoms with van der Waals surface area (Å²) >= 11 is 0. The Kier molecular flexibility index (Phi) is 23.7. The van der Waals surface area contributed by atoms with E-state index >= 15 is 0 Å². The van der Waals surface area contributed by atoms with Crippen molar-refractivity contribution in [1.29, 1.82) is 0 Å². The van der Waals surface area contributed by atoms with Crippen molar-refractivity contribution in [2.75, 3.05) is 53.6 Å². The number of hydrogen-bond donors (Lipinski definition) is 1. The van der Waals surface area contributed by atoms with E-state index in [-0.39, 0.29) is 18.5 Å². The number of rotatable bonds is 21. The number of esters is 2. The fraction of sp³-hybridized carbons (Fsp3) is 0.917. The zero-order valence-corrected chi connectivity index (χ0v) is 23.1. The smallest absolute Gasteiger partial charge is 0.305 e. The van der Waals surface area contributed by atoms with Gasteiger partial charge in [-0.15, -0.1) is 0 Å². The van der Waals surface area contributed by atoms with E-state index in [1.807, 2.05) is 7.05 Å². The van der Waals surface area contributed by atoms with Gasteiger partial charge < -0.3 is 23.6 Å². The first-order chi connectivity index (χ1) is 16.5. The Morgan fingerprint density at radius 2 is 1.14 bits per heavy atom. The number of aliphatic hydroxyl groups excluding tert-OH is 1. The van der Waals surface area contributed by atoms with Crippen LogP contribution in [0.25, 0.3) is 0 Å². The first-order valence-electron chi connectivity index (χ1n) is 12.8. The molecule has 11 heteroatoms. The molecule has 0 aliphatic carbocycles. The Morgan fingerprint density at radius 1 is 0.771 bits per heavy atom. The summed E-state index contributed by atoms with van der Waals surface area (Å²) in [4.78, 5) is 23.7. The molecule has 0 aromatic rings. The zero-order chi connectivity index (χ0) is 27.0. The fourth-order valence-corrected chi connectivity index (χ4v) is 3.23. The summed E-state index contributed by atoms with van der Waals surface area (Å²) in [5.41, 5.74) is 0. The molecule has 0 heterocycles. The average molecular weight is 528 g/mol. The van der Waals surface area contributed by atoms with Crippen LogP contribution in [0.5, 0.6) is 0 Å². The Labute approximate surface area is 212 Å². The standard InChI is InChI=1S/C23H46NO5.CH4O4S/c1-4-6-8-10-12-14-22(26)28-20-17-24(3,16-19-25)18-21-29-23(27)15-13-11-9-7-5-2;1-5-6(2,3)4/h25H,4-21H2,1-3H3;1H3,(H,2,3,4)/q+1;/p-1. The number of nitrogens with zero attached hydrogens (tertiary/aromatic N) is 1. The molecule has 0 atom stereocenters. The summed E-state index contributed by atoms with van der Waals surface area (Å²) in [6.45, 7) is 6.81. The predicted molar refractivity (Wildman–Crippen MR) is 133 cm³/mol. The molecule has 0 bridgehead atoms. The second-order valence-corrected chi connectivity index (χ2v) is 10.0. The van der Waals surface area contributed by atoms with Gasteiger partial charge in [-0.1, -0.05) is 65.2 Å². The largest absolute Gasteiger partial charge is 0.726 e. The Bertz CT molecular complexity index is 594. The van der Waals surface area contributed by atoms with Crippen LogP contribution in [0.15, 0.2) is 0 Å². The summed E-state index contributed by atoms with van der Waals surface area (Å²) in [6.07, 6.45) is 12.0. The molecular formula is C24H49NO9S. The molecule has 0 saturated heterocycles. The van der Waals surface area contributed by atoms with Gasteiger partial charge in [-0.3, -0.25) is 13.8 Å². The number of carbonyl (C=O) groups excluding carboxylic acids is 2. The number of ether oxygens (including phenoxy) is 2. The lowest BCUT2D eigenvalue weighted by Gasteiger charge is -2.33. The molecule has 10 nitrogen and oxygen atoms in total. The topological polar surface area (TPSA) is 139 Å². The van der Waals surface area contributed by atoms with Crippen LogP contribution in [0.1, 0.15) is 90.9 Å². The van der Waals surface area contributed by atoms with E-state index in [9.17, 15) is 27.7 Å². The van der Waals surface area contributed by atoms with Crippen LogP contribution in [-0.2, 0) is 33.6 Å². The summed E-state index contributed by atoms with van der Waals surface area (Å²) in [5, 5.41) is 9.36. The van der Waals surface area contributed by atoms with Crippen molar-refractivity contribution in [2.24, 2.45) is 0 Å². The monoisotopic (exact) mass is 527 g/mol.